The normalized spacial score (nSPS) is 18.7. The fourth-order valence-corrected chi connectivity index (χ4v) is 5.46. The van der Waals surface area contributed by atoms with Crippen molar-refractivity contribution >= 4 is 26.5 Å². The van der Waals surface area contributed by atoms with Crippen LogP contribution < -0.4 is 9.64 Å². The van der Waals surface area contributed by atoms with E-state index in [0.717, 1.165) is 12.1 Å². The van der Waals surface area contributed by atoms with Crippen molar-refractivity contribution in [2.24, 2.45) is 4.40 Å². The highest BCUT2D eigenvalue weighted by Gasteiger charge is 2.35. The Kier molecular flexibility index (Phi) is 5.66. The summed E-state index contributed by atoms with van der Waals surface area (Å²) in [5, 5.41) is 0. The van der Waals surface area contributed by atoms with Crippen LogP contribution in [-0.4, -0.2) is 52.4 Å². The fraction of sp³-hybridized carbons (Fsp3) is 0.318. The Hall–Kier alpha value is -3.01. The molecule has 0 bridgehead atoms. The van der Waals surface area contributed by atoms with E-state index >= 15 is 0 Å². The summed E-state index contributed by atoms with van der Waals surface area (Å²) in [4.78, 5) is 3.89. The van der Waals surface area contributed by atoms with E-state index in [1.54, 1.807) is 37.3 Å². The number of rotatable bonds is 3. The molecule has 0 spiro atoms. The zero-order valence-electron chi connectivity index (χ0n) is 17.6. The van der Waals surface area contributed by atoms with Crippen LogP contribution in [0.3, 0.4) is 0 Å². The summed E-state index contributed by atoms with van der Waals surface area (Å²) in [6.07, 6.45) is -4.40. The molecule has 0 unspecified atom stereocenters. The van der Waals surface area contributed by atoms with Gasteiger partial charge in [-0.15, -0.1) is 4.40 Å². The average Bonchev–Trinajstić information content (AvgIpc) is 3.02. The van der Waals surface area contributed by atoms with E-state index in [1.807, 2.05) is 9.80 Å². The SMILES string of the molecule is COc1ccc(C2=C(C)C(N3CCN(c4cccc(C(F)(F)F)c4)CC3)=NS2(=O)=O)cc1. The monoisotopic (exact) mass is 465 g/mol. The van der Waals surface area contributed by atoms with Crippen molar-refractivity contribution in [3.8, 4) is 5.75 Å². The van der Waals surface area contributed by atoms with Crippen molar-refractivity contribution < 1.29 is 26.3 Å². The van der Waals surface area contributed by atoms with Gasteiger partial charge in [-0.25, -0.2) is 0 Å². The summed E-state index contributed by atoms with van der Waals surface area (Å²) in [5.74, 6) is 1.01. The minimum Gasteiger partial charge on any atom is -0.497 e. The Morgan fingerprint density at radius 1 is 0.969 bits per heavy atom. The molecule has 0 saturated carbocycles. The number of piperazine rings is 1. The maximum Gasteiger partial charge on any atom is 0.416 e. The molecule has 2 heterocycles. The van der Waals surface area contributed by atoms with Gasteiger partial charge in [-0.3, -0.25) is 0 Å². The zero-order chi connectivity index (χ0) is 23.1. The van der Waals surface area contributed by atoms with Gasteiger partial charge in [0.2, 0.25) is 0 Å². The van der Waals surface area contributed by atoms with Crippen molar-refractivity contribution in [3.63, 3.8) is 0 Å². The molecular weight excluding hydrogens is 443 g/mol. The first-order valence-corrected chi connectivity index (χ1v) is 11.4. The third kappa shape index (κ3) is 4.19. The Bertz CT molecular complexity index is 1180. The molecule has 2 aliphatic heterocycles. The molecule has 0 amide bonds. The molecule has 2 aromatic carbocycles. The molecule has 0 aromatic heterocycles. The number of sulfonamides is 1. The van der Waals surface area contributed by atoms with Crippen LogP contribution in [0.25, 0.3) is 4.91 Å². The van der Waals surface area contributed by atoms with Gasteiger partial charge >= 0.3 is 6.18 Å². The lowest BCUT2D eigenvalue weighted by Crippen LogP contribution is -2.48. The second kappa shape index (κ2) is 8.16. The van der Waals surface area contributed by atoms with Crippen LogP contribution in [0.15, 0.2) is 58.5 Å². The Morgan fingerprint density at radius 2 is 1.59 bits per heavy atom. The minimum atomic E-state index is -4.40. The number of halogens is 3. The third-order valence-corrected chi connectivity index (χ3v) is 7.08. The number of anilines is 1. The second-order valence-electron chi connectivity index (χ2n) is 7.59. The first-order valence-electron chi connectivity index (χ1n) is 9.98. The number of hydrogen-bond donors (Lipinski definition) is 0. The highest BCUT2D eigenvalue weighted by Crippen LogP contribution is 2.35. The van der Waals surface area contributed by atoms with Gasteiger partial charge in [-0.05, 0) is 55.0 Å². The Balaban J connectivity index is 1.53. The van der Waals surface area contributed by atoms with Crippen LogP contribution in [0.5, 0.6) is 5.75 Å². The summed E-state index contributed by atoms with van der Waals surface area (Å²) in [6.45, 7) is 3.51. The van der Waals surface area contributed by atoms with Crippen molar-refractivity contribution in [1.82, 2.24) is 4.90 Å². The van der Waals surface area contributed by atoms with Crippen molar-refractivity contribution in [3.05, 3.63) is 65.2 Å². The number of benzene rings is 2. The van der Waals surface area contributed by atoms with Gasteiger partial charge in [0.05, 0.1) is 12.7 Å². The molecule has 0 radical (unpaired) electrons. The third-order valence-electron chi connectivity index (χ3n) is 5.61. The van der Waals surface area contributed by atoms with Crippen LogP contribution in [0.1, 0.15) is 18.1 Å². The summed E-state index contributed by atoms with van der Waals surface area (Å²) < 4.78 is 73.8. The van der Waals surface area contributed by atoms with Crippen molar-refractivity contribution in [2.75, 3.05) is 38.2 Å². The number of methoxy groups -OCH3 is 1. The lowest BCUT2D eigenvalue weighted by atomic mass is 10.1. The van der Waals surface area contributed by atoms with Crippen LogP contribution in [0.2, 0.25) is 0 Å². The van der Waals surface area contributed by atoms with E-state index in [-0.39, 0.29) is 4.91 Å². The van der Waals surface area contributed by atoms with Crippen LogP contribution in [0.4, 0.5) is 18.9 Å². The molecule has 4 rings (SSSR count). The van der Waals surface area contributed by atoms with Gasteiger partial charge in [-0.1, -0.05) is 6.07 Å². The highest BCUT2D eigenvalue weighted by molar-refractivity contribution is 8.00. The Labute approximate surface area is 184 Å². The van der Waals surface area contributed by atoms with Gasteiger partial charge in [0.25, 0.3) is 10.0 Å². The number of hydrogen-bond acceptors (Lipinski definition) is 5. The fourth-order valence-electron chi connectivity index (χ4n) is 3.98. The van der Waals surface area contributed by atoms with Gasteiger partial charge in [0.15, 0.2) is 0 Å². The van der Waals surface area contributed by atoms with E-state index < -0.39 is 21.8 Å². The number of alkyl halides is 3. The number of nitrogens with zero attached hydrogens (tertiary/aromatic N) is 3. The van der Waals surface area contributed by atoms with Crippen LogP contribution in [0, 0.1) is 0 Å². The summed E-state index contributed by atoms with van der Waals surface area (Å²) in [5.41, 5.74) is 0.894. The molecule has 2 aromatic rings. The molecule has 10 heteroatoms. The topological polar surface area (TPSA) is 62.2 Å². The lowest BCUT2D eigenvalue weighted by Gasteiger charge is -2.37. The van der Waals surface area contributed by atoms with Gasteiger partial charge in [0.1, 0.15) is 16.5 Å². The maximum absolute atomic E-state index is 13.0. The summed E-state index contributed by atoms with van der Waals surface area (Å²) >= 11 is 0. The van der Waals surface area contributed by atoms with E-state index in [0.29, 0.717) is 54.6 Å². The highest BCUT2D eigenvalue weighted by atomic mass is 32.2. The molecule has 0 atom stereocenters. The molecule has 2 aliphatic rings. The molecule has 170 valence electrons. The van der Waals surface area contributed by atoms with E-state index in [2.05, 4.69) is 4.40 Å². The quantitative estimate of drug-likeness (QED) is 0.686. The maximum atomic E-state index is 13.0. The van der Waals surface area contributed by atoms with Crippen LogP contribution >= 0.6 is 0 Å². The number of amidine groups is 1. The van der Waals surface area contributed by atoms with Crippen molar-refractivity contribution in [1.29, 1.82) is 0 Å². The standard InChI is InChI=1S/C22H22F3N3O3S/c1-15-20(16-6-8-19(31-2)9-7-16)32(29,30)26-21(15)28-12-10-27(11-13-28)18-5-3-4-17(14-18)22(23,24)25/h3-9,14H,10-13H2,1-2H3. The zero-order valence-corrected chi connectivity index (χ0v) is 18.4. The molecule has 32 heavy (non-hydrogen) atoms. The molecule has 0 N–H and O–H groups in total. The van der Waals surface area contributed by atoms with Gasteiger partial charge in [-0.2, -0.15) is 21.6 Å². The van der Waals surface area contributed by atoms with E-state index in [1.165, 1.54) is 13.2 Å². The molecule has 1 saturated heterocycles. The lowest BCUT2D eigenvalue weighted by molar-refractivity contribution is -0.137. The first-order chi connectivity index (χ1) is 15.1. The largest absolute Gasteiger partial charge is 0.497 e. The minimum absolute atomic E-state index is 0.162. The molecular formula is C22H22F3N3O3S. The van der Waals surface area contributed by atoms with E-state index in [4.69, 9.17) is 4.74 Å². The molecule has 6 nitrogen and oxygen atoms in total. The van der Waals surface area contributed by atoms with Gasteiger partial charge in [0, 0.05) is 37.4 Å². The Morgan fingerprint density at radius 3 is 2.19 bits per heavy atom. The predicted molar refractivity (Wildman–Crippen MR) is 117 cm³/mol. The smallest absolute Gasteiger partial charge is 0.416 e. The summed E-state index contributed by atoms with van der Waals surface area (Å²) in [7, 11) is -2.31. The van der Waals surface area contributed by atoms with Gasteiger partial charge < -0.3 is 14.5 Å². The predicted octanol–water partition coefficient (Wildman–Crippen LogP) is 4.01. The first kappa shape index (κ1) is 22.2. The van der Waals surface area contributed by atoms with Crippen molar-refractivity contribution in [2.45, 2.75) is 13.1 Å². The van der Waals surface area contributed by atoms with E-state index in [9.17, 15) is 21.6 Å². The second-order valence-corrected chi connectivity index (χ2v) is 9.14. The summed E-state index contributed by atoms with van der Waals surface area (Å²) in [6, 6.07) is 12.0. The molecule has 0 aliphatic carbocycles. The number of ether oxygens (including phenoxy) is 1. The average molecular weight is 465 g/mol. The molecule has 1 fully saturated rings. The van der Waals surface area contributed by atoms with Crippen LogP contribution in [-0.2, 0) is 16.2 Å².